The molecule has 1 aromatic carbocycles. The number of aromatic nitrogens is 3. The zero-order valence-electron chi connectivity index (χ0n) is 13.7. The number of halogens is 1. The molecule has 0 spiro atoms. The number of hydrogen-bond donors (Lipinski definition) is 1. The zero-order valence-corrected chi connectivity index (χ0v) is 15.3. The van der Waals surface area contributed by atoms with Crippen LogP contribution in [0.2, 0.25) is 0 Å². The number of thiazole rings is 1. The van der Waals surface area contributed by atoms with E-state index in [1.807, 2.05) is 16.5 Å². The monoisotopic (exact) mass is 376 g/mol. The Bertz CT molecular complexity index is 922. The number of carbonyl (C=O) groups is 1. The summed E-state index contributed by atoms with van der Waals surface area (Å²) in [5.41, 5.74) is 1.86. The van der Waals surface area contributed by atoms with Gasteiger partial charge in [0.15, 0.2) is 0 Å². The van der Waals surface area contributed by atoms with Gasteiger partial charge in [0.2, 0.25) is 0 Å². The minimum atomic E-state index is -0.300. The van der Waals surface area contributed by atoms with Crippen LogP contribution in [0.1, 0.15) is 41.6 Å². The Morgan fingerprint density at radius 1 is 1.40 bits per heavy atom. The summed E-state index contributed by atoms with van der Waals surface area (Å²) in [5, 5.41) is 1.81. The molecule has 1 amide bonds. The lowest BCUT2D eigenvalue weighted by Crippen LogP contribution is -2.39. The first-order valence-electron chi connectivity index (χ1n) is 8.11. The number of rotatable bonds is 3. The number of benzene rings is 1. The summed E-state index contributed by atoms with van der Waals surface area (Å²) in [5.74, 6) is 0.355. The average Bonchev–Trinajstić information content (AvgIpc) is 3.27. The van der Waals surface area contributed by atoms with Gasteiger partial charge in [-0.05, 0) is 43.7 Å². The second kappa shape index (κ2) is 6.76. The molecule has 5 nitrogen and oxygen atoms in total. The summed E-state index contributed by atoms with van der Waals surface area (Å²) in [7, 11) is 0. The molecule has 1 aliphatic rings. The molecule has 8 heteroatoms. The quantitative estimate of drug-likeness (QED) is 0.694. The number of carbonyl (C=O) groups excluding carboxylic acids is 1. The van der Waals surface area contributed by atoms with Crippen molar-refractivity contribution in [1.29, 1.82) is 0 Å². The van der Waals surface area contributed by atoms with Crippen molar-refractivity contribution in [3.8, 4) is 0 Å². The van der Waals surface area contributed by atoms with Crippen LogP contribution in [0.4, 0.5) is 4.39 Å². The maximum absolute atomic E-state index is 13.4. The minimum Gasteiger partial charge on any atom is -0.340 e. The third-order valence-corrected chi connectivity index (χ3v) is 6.28. The van der Waals surface area contributed by atoms with Crippen molar-refractivity contribution in [3.63, 3.8) is 0 Å². The van der Waals surface area contributed by atoms with E-state index < -0.39 is 0 Å². The van der Waals surface area contributed by atoms with Crippen LogP contribution in [0.25, 0.3) is 11.0 Å². The van der Waals surface area contributed by atoms with Crippen LogP contribution in [0.3, 0.4) is 0 Å². The Morgan fingerprint density at radius 2 is 2.28 bits per heavy atom. The van der Waals surface area contributed by atoms with Crippen molar-refractivity contribution in [3.05, 3.63) is 40.9 Å². The Labute approximate surface area is 152 Å². The average molecular weight is 376 g/mol. The van der Waals surface area contributed by atoms with Gasteiger partial charge in [0.25, 0.3) is 5.91 Å². The number of imidazole rings is 1. The fraction of sp³-hybridized carbons (Fsp3) is 0.353. The highest BCUT2D eigenvalue weighted by Crippen LogP contribution is 2.32. The number of piperidine rings is 1. The molecular weight excluding hydrogens is 359 g/mol. The number of fused-ring (bicyclic) bond motifs is 1. The van der Waals surface area contributed by atoms with E-state index in [0.29, 0.717) is 29.1 Å². The first-order chi connectivity index (χ1) is 12.2. The second-order valence-electron chi connectivity index (χ2n) is 6.00. The van der Waals surface area contributed by atoms with Crippen molar-refractivity contribution in [2.45, 2.75) is 29.6 Å². The molecule has 1 aliphatic heterocycles. The SMILES string of the molecule is CSc1nc(C(=O)N2CCCC[C@@H]2c2nc3ccc(F)cc3[nH]2)cs1. The molecular formula is C17H17FN4OS2. The zero-order chi connectivity index (χ0) is 17.4. The van der Waals surface area contributed by atoms with Crippen LogP contribution in [0.15, 0.2) is 27.9 Å². The third kappa shape index (κ3) is 3.16. The van der Waals surface area contributed by atoms with E-state index in [2.05, 4.69) is 15.0 Å². The van der Waals surface area contributed by atoms with E-state index in [1.54, 1.807) is 6.07 Å². The van der Waals surface area contributed by atoms with Crippen LogP contribution < -0.4 is 0 Å². The van der Waals surface area contributed by atoms with Crippen LogP contribution in [0, 0.1) is 5.82 Å². The lowest BCUT2D eigenvalue weighted by molar-refractivity contribution is 0.0595. The maximum atomic E-state index is 13.4. The number of H-pyrrole nitrogens is 1. The first kappa shape index (κ1) is 16.5. The minimum absolute atomic E-state index is 0.0621. The van der Waals surface area contributed by atoms with Crippen LogP contribution in [-0.4, -0.2) is 38.6 Å². The van der Waals surface area contributed by atoms with Gasteiger partial charge in [-0.2, -0.15) is 0 Å². The Kier molecular flexibility index (Phi) is 4.47. The predicted octanol–water partition coefficient (Wildman–Crippen LogP) is 4.25. The van der Waals surface area contributed by atoms with Gasteiger partial charge in [-0.3, -0.25) is 4.79 Å². The smallest absolute Gasteiger partial charge is 0.273 e. The van der Waals surface area contributed by atoms with Crippen molar-refractivity contribution < 1.29 is 9.18 Å². The highest BCUT2D eigenvalue weighted by atomic mass is 32.2. The van der Waals surface area contributed by atoms with Gasteiger partial charge in [0, 0.05) is 11.9 Å². The highest BCUT2D eigenvalue weighted by Gasteiger charge is 2.31. The Balaban J connectivity index is 1.66. The fourth-order valence-corrected chi connectivity index (χ4v) is 4.45. The van der Waals surface area contributed by atoms with E-state index in [9.17, 15) is 9.18 Å². The second-order valence-corrected chi connectivity index (χ2v) is 7.91. The topological polar surface area (TPSA) is 61.9 Å². The summed E-state index contributed by atoms with van der Waals surface area (Å²) >= 11 is 3.02. The lowest BCUT2D eigenvalue weighted by atomic mass is 10.0. The van der Waals surface area contributed by atoms with E-state index in [-0.39, 0.29) is 17.8 Å². The molecule has 2 aromatic heterocycles. The normalized spacial score (nSPS) is 18.0. The van der Waals surface area contributed by atoms with Gasteiger partial charge in [-0.1, -0.05) is 11.8 Å². The van der Waals surface area contributed by atoms with Gasteiger partial charge in [0.1, 0.15) is 21.7 Å². The van der Waals surface area contributed by atoms with Gasteiger partial charge in [-0.25, -0.2) is 14.4 Å². The summed E-state index contributed by atoms with van der Waals surface area (Å²) in [6.07, 6.45) is 4.79. The molecule has 130 valence electrons. The van der Waals surface area contributed by atoms with Crippen molar-refractivity contribution in [2.75, 3.05) is 12.8 Å². The van der Waals surface area contributed by atoms with Crippen molar-refractivity contribution >= 4 is 40.0 Å². The van der Waals surface area contributed by atoms with Crippen LogP contribution in [0.5, 0.6) is 0 Å². The van der Waals surface area contributed by atoms with Gasteiger partial charge in [-0.15, -0.1) is 11.3 Å². The molecule has 1 atom stereocenters. The summed E-state index contributed by atoms with van der Waals surface area (Å²) in [6, 6.07) is 4.36. The van der Waals surface area contributed by atoms with E-state index in [1.165, 1.54) is 35.2 Å². The summed E-state index contributed by atoms with van der Waals surface area (Å²) < 4.78 is 14.3. The molecule has 0 bridgehead atoms. The molecule has 3 heterocycles. The maximum Gasteiger partial charge on any atom is 0.273 e. The van der Waals surface area contributed by atoms with E-state index >= 15 is 0 Å². The van der Waals surface area contributed by atoms with Gasteiger partial charge in [0.05, 0.1) is 17.1 Å². The molecule has 0 unspecified atom stereocenters. The molecule has 3 aromatic rings. The molecule has 4 rings (SSSR count). The number of amides is 1. The number of nitrogens with one attached hydrogen (secondary N) is 1. The first-order valence-corrected chi connectivity index (χ1v) is 10.2. The van der Waals surface area contributed by atoms with Crippen molar-refractivity contribution in [1.82, 2.24) is 19.9 Å². The predicted molar refractivity (Wildman–Crippen MR) is 97.6 cm³/mol. The molecule has 0 radical (unpaired) electrons. The lowest BCUT2D eigenvalue weighted by Gasteiger charge is -2.34. The molecule has 1 fully saturated rings. The molecule has 1 saturated heterocycles. The van der Waals surface area contributed by atoms with E-state index in [0.717, 1.165) is 23.6 Å². The Morgan fingerprint density at radius 3 is 3.08 bits per heavy atom. The number of nitrogens with zero attached hydrogens (tertiary/aromatic N) is 3. The highest BCUT2D eigenvalue weighted by molar-refractivity contribution is 8.00. The summed E-state index contributed by atoms with van der Waals surface area (Å²) in [4.78, 5) is 27.0. The number of hydrogen-bond acceptors (Lipinski definition) is 5. The molecule has 1 N–H and O–H groups in total. The third-order valence-electron chi connectivity index (χ3n) is 4.42. The largest absolute Gasteiger partial charge is 0.340 e. The van der Waals surface area contributed by atoms with Crippen LogP contribution in [-0.2, 0) is 0 Å². The van der Waals surface area contributed by atoms with Crippen molar-refractivity contribution in [2.24, 2.45) is 0 Å². The van der Waals surface area contributed by atoms with Gasteiger partial charge >= 0.3 is 0 Å². The molecule has 0 aliphatic carbocycles. The fourth-order valence-electron chi connectivity index (χ4n) is 3.21. The van der Waals surface area contributed by atoms with Crippen LogP contribution >= 0.6 is 23.1 Å². The standard InChI is InChI=1S/C17H17FN4OS2/c1-24-17-21-13(9-25-17)16(23)22-7-3-2-4-14(22)15-19-11-6-5-10(18)8-12(11)20-15/h5-6,8-9,14H,2-4,7H2,1H3,(H,19,20)/t14-/m1/s1. The Hall–Kier alpha value is -1.93. The van der Waals surface area contributed by atoms with Gasteiger partial charge < -0.3 is 9.88 Å². The number of likely N-dealkylation sites (tertiary alicyclic amines) is 1. The van der Waals surface area contributed by atoms with E-state index in [4.69, 9.17) is 0 Å². The number of thioether (sulfide) groups is 1. The molecule has 0 saturated carbocycles. The molecule has 25 heavy (non-hydrogen) atoms. The number of aromatic amines is 1. The summed E-state index contributed by atoms with van der Waals surface area (Å²) in [6.45, 7) is 0.682.